The highest BCUT2D eigenvalue weighted by molar-refractivity contribution is 9.11. The van der Waals surface area contributed by atoms with E-state index in [-0.39, 0.29) is 16.9 Å². The van der Waals surface area contributed by atoms with Crippen LogP contribution in [0.15, 0.2) is 33.4 Å². The lowest BCUT2D eigenvalue weighted by Gasteiger charge is -2.17. The van der Waals surface area contributed by atoms with Crippen molar-refractivity contribution in [1.29, 1.82) is 0 Å². The Morgan fingerprint density at radius 1 is 1.42 bits per heavy atom. The number of nitrogens with one attached hydrogen (secondary N) is 1. The van der Waals surface area contributed by atoms with Gasteiger partial charge in [0, 0.05) is 6.04 Å². The van der Waals surface area contributed by atoms with Crippen molar-refractivity contribution in [3.63, 3.8) is 0 Å². The molecule has 0 aliphatic rings. The zero-order chi connectivity index (χ0) is 13.8. The van der Waals surface area contributed by atoms with E-state index in [2.05, 4.69) is 39.6 Å². The van der Waals surface area contributed by atoms with Gasteiger partial charge >= 0.3 is 0 Å². The van der Waals surface area contributed by atoms with E-state index >= 15 is 0 Å². The lowest BCUT2D eigenvalue weighted by Crippen LogP contribution is -2.22. The van der Waals surface area contributed by atoms with Crippen LogP contribution >= 0.6 is 38.9 Å². The normalized spacial score (nSPS) is 12.6. The fraction of sp³-hybridized carbons (Fsp3) is 0.286. The molecule has 1 N–H and O–H groups in total. The summed E-state index contributed by atoms with van der Waals surface area (Å²) in [6, 6.07) is 7.28. The molecule has 0 aliphatic carbocycles. The molecule has 0 saturated carbocycles. The van der Waals surface area contributed by atoms with Crippen LogP contribution in [0, 0.1) is 5.82 Å². The molecule has 0 spiro atoms. The van der Waals surface area contributed by atoms with E-state index in [1.807, 2.05) is 6.07 Å². The minimum Gasteiger partial charge on any atom is -0.310 e. The molecule has 5 heteroatoms. The third-order valence-electron chi connectivity index (χ3n) is 2.86. The minimum atomic E-state index is -0.360. The van der Waals surface area contributed by atoms with Gasteiger partial charge in [-0.1, -0.05) is 24.6 Å². The molecule has 2 aromatic rings. The quantitative estimate of drug-likeness (QED) is 0.771. The molecule has 0 saturated heterocycles. The topological polar surface area (TPSA) is 12.0 Å². The Labute approximate surface area is 129 Å². The monoisotopic (exact) mass is 361 g/mol. The van der Waals surface area contributed by atoms with E-state index in [1.54, 1.807) is 17.4 Å². The first-order chi connectivity index (χ1) is 9.10. The summed E-state index contributed by atoms with van der Waals surface area (Å²) in [5.41, 5.74) is 2.16. The first kappa shape index (κ1) is 15.0. The van der Waals surface area contributed by atoms with Gasteiger partial charge in [0.2, 0.25) is 0 Å². The summed E-state index contributed by atoms with van der Waals surface area (Å²) in [6.07, 6.45) is 0.741. The highest BCUT2D eigenvalue weighted by atomic mass is 79.9. The summed E-state index contributed by atoms with van der Waals surface area (Å²) in [5.74, 6) is -0.360. The number of rotatable bonds is 5. The molecule has 0 radical (unpaired) electrons. The number of thiophene rings is 1. The SMILES string of the molecule is CCNC(Cc1ccc(Cl)c(F)c1)c1csc(Br)c1. The maximum atomic E-state index is 13.5. The van der Waals surface area contributed by atoms with Crippen molar-refractivity contribution in [3.8, 4) is 0 Å². The first-order valence-corrected chi connectivity index (χ1v) is 8.06. The van der Waals surface area contributed by atoms with Crippen molar-refractivity contribution in [2.45, 2.75) is 19.4 Å². The fourth-order valence-corrected chi connectivity index (χ4v) is 3.31. The summed E-state index contributed by atoms with van der Waals surface area (Å²) < 4.78 is 14.6. The standard InChI is InChI=1S/C14H14BrClFNS/c1-2-18-13(10-7-14(15)19-8-10)6-9-3-4-11(16)12(17)5-9/h3-5,7-8,13,18H,2,6H2,1H3. The van der Waals surface area contributed by atoms with E-state index in [4.69, 9.17) is 11.6 Å². The van der Waals surface area contributed by atoms with Gasteiger partial charge in [-0.3, -0.25) is 0 Å². The van der Waals surface area contributed by atoms with Crippen molar-refractivity contribution >= 4 is 38.9 Å². The summed E-state index contributed by atoms with van der Waals surface area (Å²) in [7, 11) is 0. The van der Waals surface area contributed by atoms with Gasteiger partial charge in [-0.25, -0.2) is 4.39 Å². The average Bonchev–Trinajstić information content (AvgIpc) is 2.80. The van der Waals surface area contributed by atoms with Gasteiger partial charge in [0.05, 0.1) is 8.81 Å². The molecule has 0 aliphatic heterocycles. The molecule has 102 valence electrons. The number of likely N-dealkylation sites (N-methyl/N-ethyl adjacent to an activating group) is 1. The van der Waals surface area contributed by atoms with Crippen molar-refractivity contribution in [3.05, 3.63) is 55.4 Å². The smallest absolute Gasteiger partial charge is 0.142 e. The summed E-state index contributed by atoms with van der Waals surface area (Å²) in [5, 5.41) is 5.71. The molecule has 19 heavy (non-hydrogen) atoms. The third-order valence-corrected chi connectivity index (χ3v) is 4.69. The van der Waals surface area contributed by atoms with Crippen LogP contribution in [0.4, 0.5) is 4.39 Å². The average molecular weight is 363 g/mol. The Morgan fingerprint density at radius 3 is 2.79 bits per heavy atom. The molecular weight excluding hydrogens is 349 g/mol. The fourth-order valence-electron chi connectivity index (χ4n) is 1.96. The Balaban J connectivity index is 2.18. The molecule has 1 aromatic heterocycles. The molecule has 2 rings (SSSR count). The molecule has 1 aromatic carbocycles. The molecule has 1 unspecified atom stereocenters. The van der Waals surface area contributed by atoms with Crippen LogP contribution in [0.5, 0.6) is 0 Å². The van der Waals surface area contributed by atoms with Gasteiger partial charge in [0.1, 0.15) is 5.82 Å². The van der Waals surface area contributed by atoms with Crippen LogP contribution in [0.3, 0.4) is 0 Å². The Hall–Kier alpha value is -0.420. The molecule has 0 fully saturated rings. The highest BCUT2D eigenvalue weighted by Gasteiger charge is 2.13. The van der Waals surface area contributed by atoms with Crippen LogP contribution in [0.25, 0.3) is 0 Å². The Bertz CT molecular complexity index is 558. The second-order valence-electron chi connectivity index (χ2n) is 4.25. The number of hydrogen-bond donors (Lipinski definition) is 1. The van der Waals surface area contributed by atoms with Crippen molar-refractivity contribution in [2.24, 2.45) is 0 Å². The third kappa shape index (κ3) is 4.02. The first-order valence-electron chi connectivity index (χ1n) is 6.01. The van der Waals surface area contributed by atoms with Crippen LogP contribution < -0.4 is 5.32 Å². The highest BCUT2D eigenvalue weighted by Crippen LogP contribution is 2.28. The lowest BCUT2D eigenvalue weighted by atomic mass is 10.0. The Morgan fingerprint density at radius 2 is 2.21 bits per heavy atom. The van der Waals surface area contributed by atoms with Gasteiger partial charge in [-0.15, -0.1) is 11.3 Å². The van der Waals surface area contributed by atoms with Gasteiger partial charge in [-0.2, -0.15) is 0 Å². The zero-order valence-electron chi connectivity index (χ0n) is 10.4. The molecular formula is C14H14BrClFNS. The van der Waals surface area contributed by atoms with Gasteiger partial charge < -0.3 is 5.32 Å². The summed E-state index contributed by atoms with van der Waals surface area (Å²) in [6.45, 7) is 2.94. The molecule has 1 atom stereocenters. The number of hydrogen-bond acceptors (Lipinski definition) is 2. The van der Waals surface area contributed by atoms with Crippen LogP contribution in [-0.4, -0.2) is 6.54 Å². The molecule has 1 heterocycles. The summed E-state index contributed by atoms with van der Waals surface area (Å²) in [4.78, 5) is 0. The van der Waals surface area contributed by atoms with Crippen LogP contribution in [-0.2, 0) is 6.42 Å². The second-order valence-corrected chi connectivity index (χ2v) is 6.94. The van der Waals surface area contributed by atoms with Crippen molar-refractivity contribution < 1.29 is 4.39 Å². The van der Waals surface area contributed by atoms with Crippen LogP contribution in [0.2, 0.25) is 5.02 Å². The second kappa shape index (κ2) is 6.84. The Kier molecular flexibility index (Phi) is 5.39. The molecule has 0 amide bonds. The van der Waals surface area contributed by atoms with Crippen molar-refractivity contribution in [2.75, 3.05) is 6.54 Å². The van der Waals surface area contributed by atoms with Gasteiger partial charge in [0.25, 0.3) is 0 Å². The minimum absolute atomic E-state index is 0.169. The predicted octanol–water partition coefficient (Wildman–Crippen LogP) is 5.20. The lowest BCUT2D eigenvalue weighted by molar-refractivity contribution is 0.548. The van der Waals surface area contributed by atoms with E-state index < -0.39 is 0 Å². The number of halogens is 3. The number of benzene rings is 1. The van der Waals surface area contributed by atoms with E-state index in [0.29, 0.717) is 0 Å². The van der Waals surface area contributed by atoms with Crippen LogP contribution in [0.1, 0.15) is 24.1 Å². The largest absolute Gasteiger partial charge is 0.310 e. The predicted molar refractivity (Wildman–Crippen MR) is 83.6 cm³/mol. The van der Waals surface area contributed by atoms with E-state index in [1.165, 1.54) is 11.6 Å². The summed E-state index contributed by atoms with van der Waals surface area (Å²) >= 11 is 10.8. The van der Waals surface area contributed by atoms with Crippen molar-refractivity contribution in [1.82, 2.24) is 5.32 Å². The van der Waals surface area contributed by atoms with Gasteiger partial charge in [0.15, 0.2) is 0 Å². The van der Waals surface area contributed by atoms with Gasteiger partial charge in [-0.05, 0) is 63.6 Å². The zero-order valence-corrected chi connectivity index (χ0v) is 13.6. The van der Waals surface area contributed by atoms with E-state index in [9.17, 15) is 4.39 Å². The molecule has 1 nitrogen and oxygen atoms in total. The maximum Gasteiger partial charge on any atom is 0.142 e. The maximum absolute atomic E-state index is 13.5. The van der Waals surface area contributed by atoms with E-state index in [0.717, 1.165) is 22.3 Å². The molecule has 0 bridgehead atoms.